The molecule has 0 aliphatic carbocycles. The molecule has 1 aromatic carbocycles. The highest BCUT2D eigenvalue weighted by Crippen LogP contribution is 2.23. The van der Waals surface area contributed by atoms with Crippen molar-refractivity contribution < 1.29 is 14.0 Å². The number of hydrogen-bond acceptors (Lipinski definition) is 4. The Morgan fingerprint density at radius 2 is 2.07 bits per heavy atom. The Hall–Kier alpha value is -1.31. The fourth-order valence-electron chi connectivity index (χ4n) is 2.80. The molecule has 0 spiro atoms. The van der Waals surface area contributed by atoms with Crippen LogP contribution >= 0.6 is 24.2 Å². The summed E-state index contributed by atoms with van der Waals surface area (Å²) in [5.41, 5.74) is 6.54. The van der Waals surface area contributed by atoms with E-state index in [2.05, 4.69) is 19.2 Å². The van der Waals surface area contributed by atoms with E-state index < -0.39 is 6.04 Å². The monoisotopic (exact) mass is 417 g/mol. The number of rotatable bonds is 7. The topological polar surface area (TPSA) is 75.4 Å². The minimum Gasteiger partial charge on any atom is -0.344 e. The molecule has 2 rings (SSSR count). The average molecular weight is 418 g/mol. The van der Waals surface area contributed by atoms with E-state index in [1.165, 1.54) is 17.8 Å². The normalized spacial score (nSPS) is 20.6. The fraction of sp³-hybridized carbons (Fsp3) is 0.579. The average Bonchev–Trinajstić information content (AvgIpc) is 2.62. The largest absolute Gasteiger partial charge is 0.344 e. The van der Waals surface area contributed by atoms with Crippen molar-refractivity contribution in [3.05, 3.63) is 35.6 Å². The molecule has 1 aromatic rings. The standard InChI is InChI=1S/C19H28FN3O2S.ClH/c1-12(2)15(21)8-9-23(3)19(25)16-11-26-17(18(24)22-16)10-13-6-4-5-7-14(13)20;/h4-7,12,15-17H,8-11,21H2,1-3H3,(H,22,24);1H. The van der Waals surface area contributed by atoms with Crippen molar-refractivity contribution in [3.63, 3.8) is 0 Å². The van der Waals surface area contributed by atoms with Gasteiger partial charge in [-0.15, -0.1) is 24.2 Å². The third-order valence-electron chi connectivity index (χ3n) is 4.76. The van der Waals surface area contributed by atoms with E-state index in [0.717, 1.165) is 6.42 Å². The van der Waals surface area contributed by atoms with Crippen molar-refractivity contribution in [2.24, 2.45) is 11.7 Å². The summed E-state index contributed by atoms with van der Waals surface area (Å²) in [6, 6.07) is 5.97. The molecule has 0 saturated carbocycles. The Morgan fingerprint density at radius 3 is 2.67 bits per heavy atom. The van der Waals surface area contributed by atoms with E-state index in [-0.39, 0.29) is 41.3 Å². The van der Waals surface area contributed by atoms with Crippen LogP contribution in [-0.4, -0.2) is 53.4 Å². The van der Waals surface area contributed by atoms with Crippen LogP contribution in [0.2, 0.25) is 0 Å². The summed E-state index contributed by atoms with van der Waals surface area (Å²) < 4.78 is 13.8. The van der Waals surface area contributed by atoms with Crippen LogP contribution in [0.3, 0.4) is 0 Å². The molecule has 1 heterocycles. The number of likely N-dealkylation sites (N-methyl/N-ethyl adjacent to an activating group) is 1. The Kier molecular flexibility index (Phi) is 9.56. The molecule has 0 bridgehead atoms. The molecule has 152 valence electrons. The molecule has 3 N–H and O–H groups in total. The number of nitrogens with two attached hydrogens (primary N) is 1. The number of thioether (sulfide) groups is 1. The second-order valence-corrected chi connectivity index (χ2v) is 8.37. The van der Waals surface area contributed by atoms with E-state index in [4.69, 9.17) is 5.73 Å². The third-order valence-corrected chi connectivity index (χ3v) is 6.07. The zero-order valence-electron chi connectivity index (χ0n) is 16.0. The predicted molar refractivity (Wildman–Crippen MR) is 111 cm³/mol. The molecular formula is C19H29ClFN3O2S. The molecule has 1 fully saturated rings. The van der Waals surface area contributed by atoms with E-state index in [1.807, 2.05) is 0 Å². The molecule has 1 aliphatic heterocycles. The van der Waals surface area contributed by atoms with Gasteiger partial charge in [-0.05, 0) is 30.4 Å². The number of carbonyl (C=O) groups is 2. The lowest BCUT2D eigenvalue weighted by atomic mass is 10.0. The van der Waals surface area contributed by atoms with Crippen molar-refractivity contribution in [1.29, 1.82) is 0 Å². The van der Waals surface area contributed by atoms with Crippen LogP contribution < -0.4 is 11.1 Å². The molecule has 1 saturated heterocycles. The smallest absolute Gasteiger partial charge is 0.245 e. The van der Waals surface area contributed by atoms with Gasteiger partial charge in [0.05, 0.1) is 5.25 Å². The summed E-state index contributed by atoms with van der Waals surface area (Å²) >= 11 is 1.41. The summed E-state index contributed by atoms with van der Waals surface area (Å²) in [5, 5.41) is 2.41. The highest BCUT2D eigenvalue weighted by Gasteiger charge is 2.34. The number of halogens is 2. The van der Waals surface area contributed by atoms with Crippen LogP contribution in [-0.2, 0) is 16.0 Å². The van der Waals surface area contributed by atoms with Crippen LogP contribution in [0.25, 0.3) is 0 Å². The zero-order chi connectivity index (χ0) is 19.3. The van der Waals surface area contributed by atoms with E-state index >= 15 is 0 Å². The van der Waals surface area contributed by atoms with Crippen LogP contribution in [0.1, 0.15) is 25.8 Å². The first-order valence-electron chi connectivity index (χ1n) is 8.95. The van der Waals surface area contributed by atoms with Gasteiger partial charge in [0.1, 0.15) is 11.9 Å². The van der Waals surface area contributed by atoms with Gasteiger partial charge >= 0.3 is 0 Å². The van der Waals surface area contributed by atoms with Crippen molar-refractivity contribution in [2.75, 3.05) is 19.3 Å². The van der Waals surface area contributed by atoms with Gasteiger partial charge in [0.15, 0.2) is 0 Å². The van der Waals surface area contributed by atoms with Gasteiger partial charge in [0, 0.05) is 25.4 Å². The molecule has 0 radical (unpaired) electrons. The van der Waals surface area contributed by atoms with Gasteiger partial charge in [-0.25, -0.2) is 4.39 Å². The Bertz CT molecular complexity index is 647. The van der Waals surface area contributed by atoms with Crippen LogP contribution in [0, 0.1) is 11.7 Å². The van der Waals surface area contributed by atoms with Gasteiger partial charge in [-0.2, -0.15) is 0 Å². The maximum Gasteiger partial charge on any atom is 0.245 e. The maximum absolute atomic E-state index is 13.8. The first-order chi connectivity index (χ1) is 12.3. The summed E-state index contributed by atoms with van der Waals surface area (Å²) in [6.45, 7) is 4.67. The van der Waals surface area contributed by atoms with Gasteiger partial charge in [0.2, 0.25) is 11.8 Å². The molecular weight excluding hydrogens is 389 g/mol. The molecule has 27 heavy (non-hydrogen) atoms. The van der Waals surface area contributed by atoms with Gasteiger partial charge in [0.25, 0.3) is 0 Å². The Balaban J connectivity index is 0.00000364. The second kappa shape index (κ2) is 10.9. The molecule has 3 atom stereocenters. The van der Waals surface area contributed by atoms with Gasteiger partial charge in [-0.1, -0.05) is 32.0 Å². The van der Waals surface area contributed by atoms with Crippen molar-refractivity contribution >= 4 is 36.0 Å². The third kappa shape index (κ3) is 6.66. The van der Waals surface area contributed by atoms with E-state index in [1.54, 1.807) is 30.1 Å². The summed E-state index contributed by atoms with van der Waals surface area (Å²) in [7, 11) is 1.73. The molecule has 5 nitrogen and oxygen atoms in total. The summed E-state index contributed by atoms with van der Waals surface area (Å²) in [4.78, 5) is 26.5. The van der Waals surface area contributed by atoms with Gasteiger partial charge < -0.3 is 16.0 Å². The number of amides is 2. The second-order valence-electron chi connectivity index (χ2n) is 7.14. The maximum atomic E-state index is 13.8. The first-order valence-corrected chi connectivity index (χ1v) is 10.0. The number of carbonyl (C=O) groups excluding carboxylic acids is 2. The molecule has 0 aromatic heterocycles. The lowest BCUT2D eigenvalue weighted by Gasteiger charge is -2.31. The molecule has 2 amide bonds. The SMILES string of the molecule is CC(C)C(N)CCN(C)C(=O)C1CSC(Cc2ccccc2F)C(=O)N1.Cl. The Labute approximate surface area is 171 Å². The number of benzene rings is 1. The lowest BCUT2D eigenvalue weighted by molar-refractivity contribution is -0.135. The molecule has 1 aliphatic rings. The van der Waals surface area contributed by atoms with Crippen LogP contribution in [0.4, 0.5) is 4.39 Å². The number of nitrogens with one attached hydrogen (secondary N) is 1. The van der Waals surface area contributed by atoms with Gasteiger partial charge in [-0.3, -0.25) is 9.59 Å². The molecule has 8 heteroatoms. The quantitative estimate of drug-likeness (QED) is 0.713. The number of hydrogen-bond donors (Lipinski definition) is 2. The van der Waals surface area contributed by atoms with Crippen LogP contribution in [0.5, 0.6) is 0 Å². The highest BCUT2D eigenvalue weighted by atomic mass is 35.5. The summed E-state index contributed by atoms with van der Waals surface area (Å²) in [6.07, 6.45) is 1.05. The highest BCUT2D eigenvalue weighted by molar-refractivity contribution is 8.00. The zero-order valence-corrected chi connectivity index (χ0v) is 17.6. The molecule has 3 unspecified atom stereocenters. The van der Waals surface area contributed by atoms with E-state index in [9.17, 15) is 14.0 Å². The fourth-order valence-corrected chi connectivity index (χ4v) is 3.96. The lowest BCUT2D eigenvalue weighted by Crippen LogP contribution is -2.55. The predicted octanol–water partition coefficient (Wildman–Crippen LogP) is 2.22. The van der Waals surface area contributed by atoms with E-state index in [0.29, 0.717) is 30.2 Å². The van der Waals surface area contributed by atoms with Crippen molar-refractivity contribution in [3.8, 4) is 0 Å². The Morgan fingerprint density at radius 1 is 1.41 bits per heavy atom. The number of nitrogens with zero attached hydrogens (tertiary/aromatic N) is 1. The first kappa shape index (κ1) is 23.7. The van der Waals surface area contributed by atoms with Crippen molar-refractivity contribution in [2.45, 2.75) is 44.0 Å². The van der Waals surface area contributed by atoms with Crippen molar-refractivity contribution in [1.82, 2.24) is 10.2 Å². The minimum atomic E-state index is -0.537. The minimum absolute atomic E-state index is 0. The van der Waals surface area contributed by atoms with Crippen LogP contribution in [0.15, 0.2) is 24.3 Å². The summed E-state index contributed by atoms with van der Waals surface area (Å²) in [5.74, 6) is 0.230.